The first kappa shape index (κ1) is 28.3. The van der Waals surface area contributed by atoms with Gasteiger partial charge in [-0.2, -0.15) is 5.10 Å². The van der Waals surface area contributed by atoms with Gasteiger partial charge in [-0.25, -0.2) is 0 Å². The van der Waals surface area contributed by atoms with Crippen LogP contribution in [-0.4, -0.2) is 46.6 Å². The summed E-state index contributed by atoms with van der Waals surface area (Å²) >= 11 is 0. The Hall–Kier alpha value is -1.78. The van der Waals surface area contributed by atoms with Crippen molar-refractivity contribution in [1.29, 1.82) is 0 Å². The summed E-state index contributed by atoms with van der Waals surface area (Å²) in [5.41, 5.74) is 2.66. The van der Waals surface area contributed by atoms with Gasteiger partial charge >= 0.3 is 0 Å². The highest BCUT2D eigenvalue weighted by Gasteiger charge is 2.52. The molecule has 3 aliphatic rings. The zero-order valence-electron chi connectivity index (χ0n) is 21.2. The Morgan fingerprint density at radius 1 is 1.19 bits per heavy atom. The van der Waals surface area contributed by atoms with Gasteiger partial charge in [0.05, 0.1) is 6.04 Å². The van der Waals surface area contributed by atoms with Crippen LogP contribution in [0.3, 0.4) is 0 Å². The number of likely N-dealkylation sites (tertiary alicyclic amines) is 1. The average Bonchev–Trinajstić information content (AvgIpc) is 3.02. The Labute approximate surface area is 198 Å². The molecule has 1 aliphatic carbocycles. The van der Waals surface area contributed by atoms with E-state index in [4.69, 9.17) is 9.89 Å². The maximum absolute atomic E-state index is 8.00. The number of carbonyl (C=O) groups is 1. The summed E-state index contributed by atoms with van der Waals surface area (Å²) in [5, 5.41) is 5.02. The molecule has 1 spiro atoms. The van der Waals surface area contributed by atoms with Gasteiger partial charge in [-0.05, 0) is 64.5 Å². The summed E-state index contributed by atoms with van der Waals surface area (Å²) < 4.78 is 2.31. The molecule has 0 atom stereocenters. The van der Waals surface area contributed by atoms with E-state index < -0.39 is 0 Å². The lowest BCUT2D eigenvalue weighted by molar-refractivity contribution is -0.0980. The molecule has 5 nitrogen and oxygen atoms in total. The normalized spacial score (nSPS) is 21.1. The maximum Gasteiger partial charge on any atom is 0.151 e. The molecule has 32 heavy (non-hydrogen) atoms. The number of piperidine rings is 1. The lowest BCUT2D eigenvalue weighted by Gasteiger charge is -2.59. The molecule has 1 saturated carbocycles. The third-order valence-corrected chi connectivity index (χ3v) is 7.42. The second kappa shape index (κ2) is 10.9. The second-order valence-electron chi connectivity index (χ2n) is 11.6. The summed E-state index contributed by atoms with van der Waals surface area (Å²) in [6.07, 6.45) is 9.71. The van der Waals surface area contributed by atoms with Crippen molar-refractivity contribution >= 4 is 12.6 Å². The van der Waals surface area contributed by atoms with Crippen LogP contribution in [0.15, 0.2) is 18.8 Å². The highest BCUT2D eigenvalue weighted by Crippen LogP contribution is 2.54. The van der Waals surface area contributed by atoms with E-state index in [2.05, 4.69) is 75.6 Å². The maximum atomic E-state index is 8.00. The van der Waals surface area contributed by atoms with E-state index in [9.17, 15) is 0 Å². The monoisotopic (exact) mass is 446 g/mol. The molecule has 184 valence electrons. The topological polar surface area (TPSA) is 41.4 Å². The van der Waals surface area contributed by atoms with Gasteiger partial charge < -0.3 is 14.6 Å². The summed E-state index contributed by atoms with van der Waals surface area (Å²) in [6.45, 7) is 25.3. The van der Waals surface area contributed by atoms with E-state index in [0.717, 1.165) is 6.54 Å². The molecule has 0 unspecified atom stereocenters. The van der Waals surface area contributed by atoms with Crippen molar-refractivity contribution in [2.24, 2.45) is 10.8 Å². The third kappa shape index (κ3) is 6.39. The first-order chi connectivity index (χ1) is 14.5. The van der Waals surface area contributed by atoms with Crippen LogP contribution in [0.5, 0.6) is 0 Å². The fourth-order valence-corrected chi connectivity index (χ4v) is 4.98. The van der Waals surface area contributed by atoms with Gasteiger partial charge in [0.1, 0.15) is 6.79 Å². The third-order valence-electron chi connectivity index (χ3n) is 7.42. The highest BCUT2D eigenvalue weighted by molar-refractivity contribution is 5.43. The van der Waals surface area contributed by atoms with Gasteiger partial charge in [0.15, 0.2) is 5.82 Å². The first-order valence-electron chi connectivity index (χ1n) is 12.0. The molecular formula is C27H50N4O. The SMILES string of the molecule is C.C=CN1CC2(CC(n3nc(N4CCCCC4(C)C)cc3C)C2)C1.C=O.CCC(C)(C)C. The minimum absolute atomic E-state index is 0. The lowest BCUT2D eigenvalue weighted by Crippen LogP contribution is -2.60. The Balaban J connectivity index is 0.000000498. The summed E-state index contributed by atoms with van der Waals surface area (Å²) in [6, 6.07) is 2.90. The summed E-state index contributed by atoms with van der Waals surface area (Å²) in [7, 11) is 0. The van der Waals surface area contributed by atoms with Gasteiger partial charge in [-0.15, -0.1) is 0 Å². The number of carbonyl (C=O) groups excluding carboxylic acids is 1. The van der Waals surface area contributed by atoms with Crippen molar-refractivity contribution in [2.75, 3.05) is 24.5 Å². The van der Waals surface area contributed by atoms with E-state index in [0.29, 0.717) is 16.9 Å². The predicted octanol–water partition coefficient (Wildman–Crippen LogP) is 6.63. The quantitative estimate of drug-likeness (QED) is 0.522. The number of anilines is 1. The summed E-state index contributed by atoms with van der Waals surface area (Å²) in [5.74, 6) is 1.19. The van der Waals surface area contributed by atoms with Crippen molar-refractivity contribution in [2.45, 2.75) is 106 Å². The average molecular weight is 447 g/mol. The fourth-order valence-electron chi connectivity index (χ4n) is 4.98. The van der Waals surface area contributed by atoms with Crippen LogP contribution in [0.1, 0.15) is 99.2 Å². The number of hydrogen-bond acceptors (Lipinski definition) is 4. The van der Waals surface area contributed by atoms with Crippen LogP contribution in [0.2, 0.25) is 0 Å². The van der Waals surface area contributed by atoms with Crippen LogP contribution < -0.4 is 4.90 Å². The van der Waals surface area contributed by atoms with Crippen LogP contribution in [-0.2, 0) is 4.79 Å². The summed E-state index contributed by atoms with van der Waals surface area (Å²) in [4.78, 5) is 12.9. The van der Waals surface area contributed by atoms with Gasteiger partial charge in [0.25, 0.3) is 0 Å². The standard InChI is InChI=1S/C19H30N4.C6H14.CH2O.CH4/c1-5-21-13-19(14-21)11-16(12-19)23-15(2)10-17(20-23)22-9-7-6-8-18(22,3)4;1-5-6(2,3)4;1-2;/h5,10,16H,1,6-9,11-14H2,2-4H3;5H2,1-4H3;1H2;1H4. The molecule has 4 rings (SSSR count). The van der Waals surface area contributed by atoms with Crippen LogP contribution >= 0.6 is 0 Å². The number of aryl methyl sites for hydroxylation is 1. The molecule has 0 bridgehead atoms. The van der Waals surface area contributed by atoms with Crippen LogP contribution in [0.25, 0.3) is 0 Å². The van der Waals surface area contributed by atoms with Crippen LogP contribution in [0, 0.1) is 17.8 Å². The molecule has 1 aromatic rings. The van der Waals surface area contributed by atoms with E-state index in [-0.39, 0.29) is 13.0 Å². The Morgan fingerprint density at radius 2 is 1.75 bits per heavy atom. The highest BCUT2D eigenvalue weighted by atomic mass is 16.1. The van der Waals surface area contributed by atoms with Crippen molar-refractivity contribution in [3.63, 3.8) is 0 Å². The number of rotatable bonds is 3. The van der Waals surface area contributed by atoms with E-state index >= 15 is 0 Å². The smallest absolute Gasteiger partial charge is 0.151 e. The van der Waals surface area contributed by atoms with Crippen molar-refractivity contribution < 1.29 is 4.79 Å². The van der Waals surface area contributed by atoms with Gasteiger partial charge in [0, 0.05) is 42.3 Å². The van der Waals surface area contributed by atoms with Crippen molar-refractivity contribution in [3.05, 3.63) is 24.5 Å². The minimum Gasteiger partial charge on any atom is -0.377 e. The number of hydrogen-bond donors (Lipinski definition) is 0. The number of nitrogens with zero attached hydrogens (tertiary/aromatic N) is 4. The molecule has 5 heteroatoms. The molecular weight excluding hydrogens is 396 g/mol. The molecule has 3 heterocycles. The molecule has 0 N–H and O–H groups in total. The molecule has 3 fully saturated rings. The molecule has 0 radical (unpaired) electrons. The van der Waals surface area contributed by atoms with Crippen LogP contribution in [0.4, 0.5) is 5.82 Å². The Morgan fingerprint density at radius 3 is 2.22 bits per heavy atom. The van der Waals surface area contributed by atoms with Gasteiger partial charge in [-0.3, -0.25) is 4.68 Å². The van der Waals surface area contributed by atoms with Gasteiger partial charge in [-0.1, -0.05) is 48.1 Å². The lowest BCUT2D eigenvalue weighted by atomic mass is 9.61. The molecule has 2 saturated heterocycles. The van der Waals surface area contributed by atoms with E-state index in [1.165, 1.54) is 63.1 Å². The van der Waals surface area contributed by atoms with E-state index in [1.54, 1.807) is 0 Å². The first-order valence-corrected chi connectivity index (χ1v) is 12.0. The second-order valence-corrected chi connectivity index (χ2v) is 11.6. The Kier molecular flexibility index (Phi) is 9.62. The Bertz CT molecular complexity index is 717. The molecule has 2 aliphatic heterocycles. The largest absolute Gasteiger partial charge is 0.377 e. The molecule has 0 aromatic carbocycles. The predicted molar refractivity (Wildman–Crippen MR) is 138 cm³/mol. The molecule has 0 amide bonds. The van der Waals surface area contributed by atoms with Gasteiger partial charge in [0.2, 0.25) is 0 Å². The van der Waals surface area contributed by atoms with Crippen molar-refractivity contribution in [3.8, 4) is 0 Å². The zero-order chi connectivity index (χ0) is 23.4. The number of aromatic nitrogens is 2. The fraction of sp³-hybridized carbons (Fsp3) is 0.778. The zero-order valence-corrected chi connectivity index (χ0v) is 21.2. The minimum atomic E-state index is 0. The molecule has 1 aromatic heterocycles. The van der Waals surface area contributed by atoms with E-state index in [1.807, 2.05) is 13.0 Å². The van der Waals surface area contributed by atoms with Crippen molar-refractivity contribution in [1.82, 2.24) is 14.7 Å².